The van der Waals surface area contributed by atoms with E-state index in [2.05, 4.69) is 41.7 Å². The smallest absolute Gasteiger partial charge is 0.250 e. The van der Waals surface area contributed by atoms with E-state index in [4.69, 9.17) is 4.74 Å². The molecule has 4 nitrogen and oxygen atoms in total. The fourth-order valence-corrected chi connectivity index (χ4v) is 3.90. The number of nitrogens with one attached hydrogen (secondary N) is 1. The molecule has 0 unspecified atom stereocenters. The lowest BCUT2D eigenvalue weighted by atomic mass is 10.2. The summed E-state index contributed by atoms with van der Waals surface area (Å²) in [6.07, 6.45) is 1.65. The molecule has 0 aliphatic carbocycles. The van der Waals surface area contributed by atoms with Crippen LogP contribution in [0.2, 0.25) is 0 Å². The van der Waals surface area contributed by atoms with Crippen LogP contribution in [0.15, 0.2) is 92.6 Å². The van der Waals surface area contributed by atoms with E-state index in [0.717, 1.165) is 21.1 Å². The Bertz CT molecular complexity index is 954. The molecule has 3 aromatic rings. The van der Waals surface area contributed by atoms with Gasteiger partial charge in [0.15, 0.2) is 0 Å². The lowest BCUT2D eigenvalue weighted by molar-refractivity contribution is -0.118. The summed E-state index contributed by atoms with van der Waals surface area (Å²) in [7, 11) is 1.63. The van der Waals surface area contributed by atoms with Gasteiger partial charge >= 0.3 is 0 Å². The van der Waals surface area contributed by atoms with Crippen molar-refractivity contribution >= 4 is 35.6 Å². The Morgan fingerprint density at radius 3 is 2.14 bits per heavy atom. The molecule has 0 spiro atoms. The lowest BCUT2D eigenvalue weighted by Gasteiger charge is -2.03. The van der Waals surface area contributed by atoms with Gasteiger partial charge in [-0.1, -0.05) is 41.6 Å². The summed E-state index contributed by atoms with van der Waals surface area (Å²) in [6.45, 7) is 2.08. The van der Waals surface area contributed by atoms with Crippen LogP contribution < -0.4 is 10.2 Å². The van der Waals surface area contributed by atoms with E-state index in [-0.39, 0.29) is 5.91 Å². The number of hydrazone groups is 1. The van der Waals surface area contributed by atoms with E-state index in [1.807, 2.05) is 48.5 Å². The highest BCUT2D eigenvalue weighted by molar-refractivity contribution is 8.00. The van der Waals surface area contributed by atoms with E-state index in [1.54, 1.807) is 25.1 Å². The van der Waals surface area contributed by atoms with Crippen molar-refractivity contribution in [3.8, 4) is 5.75 Å². The zero-order chi connectivity index (χ0) is 20.5. The highest BCUT2D eigenvalue weighted by atomic mass is 32.2. The fraction of sp³-hybridized carbons (Fsp3) is 0.130. The number of hydrogen-bond donors (Lipinski definition) is 1. The van der Waals surface area contributed by atoms with Crippen LogP contribution >= 0.6 is 23.5 Å². The van der Waals surface area contributed by atoms with Crippen molar-refractivity contribution in [1.29, 1.82) is 0 Å². The van der Waals surface area contributed by atoms with Gasteiger partial charge in [0, 0.05) is 14.7 Å². The predicted molar refractivity (Wildman–Crippen MR) is 121 cm³/mol. The first kappa shape index (κ1) is 21.0. The molecule has 0 radical (unpaired) electrons. The van der Waals surface area contributed by atoms with Crippen molar-refractivity contribution < 1.29 is 9.53 Å². The second-order valence-electron chi connectivity index (χ2n) is 6.24. The molecule has 148 valence electrons. The molecule has 6 heteroatoms. The molecule has 0 saturated heterocycles. The quantitative estimate of drug-likeness (QED) is 0.300. The number of carbonyl (C=O) groups excluding carboxylic acids is 1. The summed E-state index contributed by atoms with van der Waals surface area (Å²) < 4.78 is 5.12. The number of methoxy groups -OCH3 is 1. The molecule has 3 aromatic carbocycles. The predicted octanol–water partition coefficient (Wildman–Crippen LogP) is 5.40. The lowest BCUT2D eigenvalue weighted by Crippen LogP contribution is -2.19. The molecule has 0 heterocycles. The summed E-state index contributed by atoms with van der Waals surface area (Å²) in [6, 6.07) is 24.1. The number of amides is 1. The highest BCUT2D eigenvalue weighted by Crippen LogP contribution is 2.27. The van der Waals surface area contributed by atoms with Crippen LogP contribution in [0.5, 0.6) is 5.75 Å². The van der Waals surface area contributed by atoms with Crippen LogP contribution in [0.4, 0.5) is 0 Å². The second-order valence-corrected chi connectivity index (χ2v) is 8.44. The number of aryl methyl sites for hydroxylation is 1. The first-order valence-electron chi connectivity index (χ1n) is 9.06. The summed E-state index contributed by atoms with van der Waals surface area (Å²) in [4.78, 5) is 15.3. The van der Waals surface area contributed by atoms with Gasteiger partial charge in [-0.3, -0.25) is 4.79 Å². The van der Waals surface area contributed by atoms with Gasteiger partial charge in [0.1, 0.15) is 5.75 Å². The molecule has 0 atom stereocenters. The Kier molecular flexibility index (Phi) is 7.78. The third kappa shape index (κ3) is 7.00. The topological polar surface area (TPSA) is 50.7 Å². The summed E-state index contributed by atoms with van der Waals surface area (Å²) in [5.41, 5.74) is 4.75. The molecular weight excluding hydrogens is 400 g/mol. The van der Waals surface area contributed by atoms with Crippen LogP contribution in [0, 0.1) is 6.92 Å². The van der Waals surface area contributed by atoms with Gasteiger partial charge in [-0.15, -0.1) is 11.8 Å². The average Bonchev–Trinajstić information content (AvgIpc) is 2.75. The van der Waals surface area contributed by atoms with E-state index in [1.165, 1.54) is 22.2 Å². The van der Waals surface area contributed by atoms with Crippen molar-refractivity contribution in [3.05, 3.63) is 83.9 Å². The molecule has 0 bridgehead atoms. The minimum absolute atomic E-state index is 0.145. The molecule has 1 N–H and O–H groups in total. The van der Waals surface area contributed by atoms with Crippen molar-refractivity contribution in [2.24, 2.45) is 5.10 Å². The number of ether oxygens (including phenoxy) is 1. The average molecular weight is 423 g/mol. The monoisotopic (exact) mass is 422 g/mol. The molecule has 29 heavy (non-hydrogen) atoms. The normalized spacial score (nSPS) is 10.8. The molecule has 0 aliphatic heterocycles. The number of rotatable bonds is 8. The van der Waals surface area contributed by atoms with E-state index >= 15 is 0 Å². The van der Waals surface area contributed by atoms with Gasteiger partial charge in [0.25, 0.3) is 0 Å². The SMILES string of the molecule is COc1ccc(SCC(=O)N/N=C/c2ccc(Sc3ccc(C)cc3)cc2)cc1. The zero-order valence-electron chi connectivity index (χ0n) is 16.3. The molecular formula is C23H22N2O2S2. The van der Waals surface area contributed by atoms with Gasteiger partial charge in [-0.25, -0.2) is 5.43 Å². The summed E-state index contributed by atoms with van der Waals surface area (Å²) in [5.74, 6) is 0.954. The highest BCUT2D eigenvalue weighted by Gasteiger charge is 2.02. The van der Waals surface area contributed by atoms with Crippen molar-refractivity contribution in [2.75, 3.05) is 12.9 Å². The molecule has 3 rings (SSSR count). The van der Waals surface area contributed by atoms with Gasteiger partial charge in [-0.05, 0) is 61.0 Å². The minimum Gasteiger partial charge on any atom is -0.497 e. The van der Waals surface area contributed by atoms with Gasteiger partial charge < -0.3 is 4.74 Å². The van der Waals surface area contributed by atoms with Crippen molar-refractivity contribution in [3.63, 3.8) is 0 Å². The van der Waals surface area contributed by atoms with E-state index in [0.29, 0.717) is 5.75 Å². The third-order valence-corrected chi connectivity index (χ3v) is 6.00. The van der Waals surface area contributed by atoms with Gasteiger partial charge in [0.05, 0.1) is 19.1 Å². The first-order valence-corrected chi connectivity index (χ1v) is 10.9. The Hall–Kier alpha value is -2.70. The Labute approximate surface area is 179 Å². The number of carbonyl (C=O) groups is 1. The molecule has 0 fully saturated rings. The van der Waals surface area contributed by atoms with E-state index in [9.17, 15) is 4.79 Å². The van der Waals surface area contributed by atoms with Crippen LogP contribution in [-0.2, 0) is 4.79 Å². The zero-order valence-corrected chi connectivity index (χ0v) is 17.9. The van der Waals surface area contributed by atoms with Crippen molar-refractivity contribution in [1.82, 2.24) is 5.43 Å². The summed E-state index contributed by atoms with van der Waals surface area (Å²) >= 11 is 3.17. The Morgan fingerprint density at radius 1 is 0.931 bits per heavy atom. The van der Waals surface area contributed by atoms with Gasteiger partial charge in [0.2, 0.25) is 5.91 Å². The van der Waals surface area contributed by atoms with Crippen LogP contribution in [0.3, 0.4) is 0 Å². The Balaban J connectivity index is 1.44. The number of benzene rings is 3. The largest absolute Gasteiger partial charge is 0.497 e. The Morgan fingerprint density at radius 2 is 1.52 bits per heavy atom. The van der Waals surface area contributed by atoms with E-state index < -0.39 is 0 Å². The van der Waals surface area contributed by atoms with Gasteiger partial charge in [-0.2, -0.15) is 5.10 Å². The number of nitrogens with zero attached hydrogens (tertiary/aromatic N) is 1. The molecule has 0 aromatic heterocycles. The second kappa shape index (κ2) is 10.7. The maximum Gasteiger partial charge on any atom is 0.250 e. The number of thioether (sulfide) groups is 1. The first-order chi connectivity index (χ1) is 14.1. The fourth-order valence-electron chi connectivity index (χ4n) is 2.40. The summed E-state index contributed by atoms with van der Waals surface area (Å²) in [5, 5.41) is 4.04. The van der Waals surface area contributed by atoms with Crippen LogP contribution in [-0.4, -0.2) is 25.0 Å². The molecule has 1 amide bonds. The molecule has 0 saturated carbocycles. The third-order valence-electron chi connectivity index (χ3n) is 3.97. The molecule has 0 aliphatic rings. The standard InChI is InChI=1S/C23H22N2O2S2/c1-17-3-9-21(10-4-17)29-22-11-5-18(6-12-22)15-24-25-23(26)16-28-20-13-7-19(27-2)8-14-20/h3-15H,16H2,1-2H3,(H,25,26)/b24-15+. The maximum absolute atomic E-state index is 11.9. The van der Waals surface area contributed by atoms with Crippen LogP contribution in [0.1, 0.15) is 11.1 Å². The maximum atomic E-state index is 11.9. The minimum atomic E-state index is -0.145. The van der Waals surface area contributed by atoms with Crippen molar-refractivity contribution in [2.45, 2.75) is 21.6 Å². The number of hydrogen-bond acceptors (Lipinski definition) is 5. The van der Waals surface area contributed by atoms with Crippen LogP contribution in [0.25, 0.3) is 0 Å².